The van der Waals surface area contributed by atoms with Crippen LogP contribution in [0.25, 0.3) is 16.8 Å². The van der Waals surface area contributed by atoms with Crippen molar-refractivity contribution in [2.75, 3.05) is 24.5 Å². The van der Waals surface area contributed by atoms with Gasteiger partial charge in [0.05, 0.1) is 29.7 Å². The highest BCUT2D eigenvalue weighted by atomic mass is 35.5. The average molecular weight is 455 g/mol. The second-order valence-electron chi connectivity index (χ2n) is 8.24. The van der Waals surface area contributed by atoms with E-state index in [0.717, 1.165) is 13.0 Å². The third-order valence-electron chi connectivity index (χ3n) is 6.44. The van der Waals surface area contributed by atoms with Crippen molar-refractivity contribution in [3.05, 3.63) is 65.2 Å². The van der Waals surface area contributed by atoms with Gasteiger partial charge in [-0.1, -0.05) is 17.7 Å². The van der Waals surface area contributed by atoms with Crippen LogP contribution in [-0.2, 0) is 0 Å². The maximum absolute atomic E-state index is 14.8. The number of rotatable bonds is 4. The topological polar surface area (TPSA) is 83.5 Å². The lowest BCUT2D eigenvalue weighted by atomic mass is 9.82. The summed E-state index contributed by atoms with van der Waals surface area (Å²) in [5, 5.41) is 20.0. The minimum Gasteiger partial charge on any atom is -0.423 e. The van der Waals surface area contributed by atoms with Crippen molar-refractivity contribution in [1.29, 1.82) is 0 Å². The van der Waals surface area contributed by atoms with Crippen molar-refractivity contribution in [3.63, 3.8) is 0 Å². The number of halogens is 2. The van der Waals surface area contributed by atoms with Gasteiger partial charge >= 0.3 is 0 Å². The maximum atomic E-state index is 14.8. The summed E-state index contributed by atoms with van der Waals surface area (Å²) >= 11 is 6.07. The Kier molecular flexibility index (Phi) is 4.63. The van der Waals surface area contributed by atoms with Crippen molar-refractivity contribution >= 4 is 28.7 Å². The first kappa shape index (κ1) is 19.7. The Morgan fingerprint density at radius 2 is 2.00 bits per heavy atom. The predicted octanol–water partition coefficient (Wildman–Crippen LogP) is 3.40. The molecule has 2 aliphatic rings. The Labute approximate surface area is 187 Å². The lowest BCUT2D eigenvalue weighted by Gasteiger charge is -2.53. The van der Waals surface area contributed by atoms with Crippen molar-refractivity contribution in [3.8, 4) is 5.69 Å². The van der Waals surface area contributed by atoms with Gasteiger partial charge in [-0.3, -0.25) is 4.90 Å². The first-order valence-electron chi connectivity index (χ1n) is 10.5. The van der Waals surface area contributed by atoms with E-state index in [2.05, 4.69) is 20.1 Å². The van der Waals surface area contributed by atoms with Crippen LogP contribution in [0.15, 0.2) is 53.2 Å². The van der Waals surface area contributed by atoms with Gasteiger partial charge in [0.15, 0.2) is 5.58 Å². The van der Waals surface area contributed by atoms with E-state index in [-0.39, 0.29) is 11.6 Å². The number of hydrogen-bond acceptors (Lipinski definition) is 7. The summed E-state index contributed by atoms with van der Waals surface area (Å²) in [5.41, 5.74) is 1.99. The third-order valence-corrected chi connectivity index (χ3v) is 6.67. The minimum absolute atomic E-state index is 0.125. The smallest absolute Gasteiger partial charge is 0.298 e. The number of aliphatic hydroxyl groups excluding tert-OH is 1. The zero-order valence-corrected chi connectivity index (χ0v) is 17.7. The summed E-state index contributed by atoms with van der Waals surface area (Å²) in [6, 6.07) is 10.7. The molecule has 3 atom stereocenters. The van der Waals surface area contributed by atoms with E-state index in [9.17, 15) is 9.50 Å². The summed E-state index contributed by atoms with van der Waals surface area (Å²) in [6.45, 7) is 2.07. The molecule has 2 aromatic carbocycles. The summed E-state index contributed by atoms with van der Waals surface area (Å²) in [6.07, 6.45) is 2.82. The molecule has 0 aliphatic carbocycles. The van der Waals surface area contributed by atoms with Gasteiger partial charge < -0.3 is 14.4 Å². The monoisotopic (exact) mass is 454 g/mol. The fourth-order valence-electron chi connectivity index (χ4n) is 4.75. The van der Waals surface area contributed by atoms with Crippen LogP contribution in [0.3, 0.4) is 0 Å². The first-order chi connectivity index (χ1) is 15.6. The number of oxazole rings is 1. The molecular weight excluding hydrogens is 435 g/mol. The van der Waals surface area contributed by atoms with Crippen LogP contribution in [0.1, 0.15) is 18.2 Å². The molecule has 1 N–H and O–H groups in total. The molecule has 10 heteroatoms. The maximum Gasteiger partial charge on any atom is 0.298 e. The second-order valence-corrected chi connectivity index (χ2v) is 8.67. The first-order valence-corrected chi connectivity index (χ1v) is 10.9. The summed E-state index contributed by atoms with van der Waals surface area (Å²) in [4.78, 5) is 9.91. The van der Waals surface area contributed by atoms with E-state index in [1.54, 1.807) is 24.3 Å². The molecule has 8 nitrogen and oxygen atoms in total. The minimum atomic E-state index is -1.12. The van der Waals surface area contributed by atoms with Crippen molar-refractivity contribution in [2.45, 2.75) is 18.7 Å². The molecule has 164 valence electrons. The van der Waals surface area contributed by atoms with E-state index in [0.29, 0.717) is 46.8 Å². The number of fused-ring (bicyclic) bond motifs is 2. The number of benzene rings is 2. The Hall–Kier alpha value is -3.01. The van der Waals surface area contributed by atoms with Crippen LogP contribution in [0.4, 0.5) is 10.4 Å². The number of likely N-dealkylation sites (tertiary alicyclic amines) is 1. The van der Waals surface area contributed by atoms with Crippen molar-refractivity contribution in [1.82, 2.24) is 24.9 Å². The summed E-state index contributed by atoms with van der Waals surface area (Å²) in [7, 11) is 0. The lowest BCUT2D eigenvalue weighted by Crippen LogP contribution is -2.64. The predicted molar refractivity (Wildman–Crippen MR) is 116 cm³/mol. The van der Waals surface area contributed by atoms with Gasteiger partial charge in [0.25, 0.3) is 6.01 Å². The van der Waals surface area contributed by atoms with Crippen LogP contribution >= 0.6 is 11.6 Å². The molecule has 2 aromatic heterocycles. The van der Waals surface area contributed by atoms with Gasteiger partial charge in [-0.25, -0.2) is 4.39 Å². The van der Waals surface area contributed by atoms with Gasteiger partial charge in [0.2, 0.25) is 0 Å². The van der Waals surface area contributed by atoms with Crippen molar-refractivity contribution in [2.24, 2.45) is 5.92 Å². The van der Waals surface area contributed by atoms with Crippen LogP contribution in [0, 0.1) is 11.7 Å². The zero-order chi connectivity index (χ0) is 21.8. The van der Waals surface area contributed by atoms with E-state index in [1.165, 1.54) is 23.3 Å². The molecule has 0 amide bonds. The Balaban J connectivity index is 1.26. The molecule has 0 saturated carbocycles. The van der Waals surface area contributed by atoms with Crippen LogP contribution < -0.4 is 4.90 Å². The van der Waals surface area contributed by atoms with Crippen molar-refractivity contribution < 1.29 is 13.9 Å². The number of nitrogens with zero attached hydrogens (tertiary/aromatic N) is 6. The van der Waals surface area contributed by atoms with Crippen LogP contribution in [-0.4, -0.2) is 55.7 Å². The normalized spacial score (nSPS) is 22.0. The molecule has 0 radical (unpaired) electrons. The van der Waals surface area contributed by atoms with Gasteiger partial charge in [0, 0.05) is 24.7 Å². The van der Waals surface area contributed by atoms with Gasteiger partial charge in [0.1, 0.15) is 17.6 Å². The molecule has 2 saturated heterocycles. The van der Waals surface area contributed by atoms with E-state index >= 15 is 0 Å². The number of piperidine rings is 1. The molecule has 32 heavy (non-hydrogen) atoms. The number of hydrogen-bond donors (Lipinski definition) is 1. The van der Waals surface area contributed by atoms with E-state index in [4.69, 9.17) is 16.0 Å². The average Bonchev–Trinajstić information content (AvgIpc) is 3.43. The highest BCUT2D eigenvalue weighted by molar-refractivity contribution is 6.31. The molecule has 4 heterocycles. The Morgan fingerprint density at radius 3 is 2.84 bits per heavy atom. The summed E-state index contributed by atoms with van der Waals surface area (Å²) < 4.78 is 20.8. The molecule has 0 spiro atoms. The number of aliphatic hydroxyl groups is 1. The van der Waals surface area contributed by atoms with Crippen LogP contribution in [0.2, 0.25) is 5.02 Å². The Bertz CT molecular complexity index is 1280. The van der Waals surface area contributed by atoms with Gasteiger partial charge in [-0.05, 0) is 42.7 Å². The molecule has 0 bridgehead atoms. The highest BCUT2D eigenvalue weighted by Gasteiger charge is 2.46. The summed E-state index contributed by atoms with van der Waals surface area (Å²) in [5.74, 6) is -0.0133. The van der Waals surface area contributed by atoms with Crippen LogP contribution in [0.5, 0.6) is 0 Å². The second kappa shape index (κ2) is 7.54. The number of anilines is 1. The largest absolute Gasteiger partial charge is 0.423 e. The fraction of sp³-hybridized carbons (Fsp3) is 0.318. The standard InChI is InChI=1S/C22H20ClFN6O2/c23-14-4-5-19-16(10-14)27-22(32-19)29-11-13-6-9-28(12-18(13)29)21(31)20-15(24)2-1-3-17(20)30-25-7-8-26-30/h1-5,7-8,10,13,18,21,31H,6,9,11-12H2. The molecule has 4 aromatic rings. The zero-order valence-electron chi connectivity index (χ0n) is 17.0. The van der Waals surface area contributed by atoms with E-state index < -0.39 is 12.0 Å². The molecule has 3 unspecified atom stereocenters. The SMILES string of the molecule is OC(c1c(F)cccc1-n1nccn1)N1CCC2CN(c3nc4cc(Cl)ccc4o3)C2C1. The highest BCUT2D eigenvalue weighted by Crippen LogP contribution is 2.40. The third kappa shape index (κ3) is 3.16. The molecular formula is C22H20ClFN6O2. The molecule has 6 rings (SSSR count). The number of aromatic nitrogens is 4. The lowest BCUT2D eigenvalue weighted by molar-refractivity contribution is -0.0388. The van der Waals surface area contributed by atoms with E-state index in [1.807, 2.05) is 11.0 Å². The molecule has 2 fully saturated rings. The quantitative estimate of drug-likeness (QED) is 0.506. The Morgan fingerprint density at radius 1 is 1.16 bits per heavy atom. The van der Waals surface area contributed by atoms with Gasteiger partial charge in [-0.15, -0.1) is 0 Å². The molecule has 2 aliphatic heterocycles. The van der Waals surface area contributed by atoms with Gasteiger partial charge in [-0.2, -0.15) is 20.0 Å². The fourth-order valence-corrected chi connectivity index (χ4v) is 4.92.